The summed E-state index contributed by atoms with van der Waals surface area (Å²) in [7, 11) is 3.39. The van der Waals surface area contributed by atoms with Gasteiger partial charge in [0.15, 0.2) is 0 Å². The summed E-state index contributed by atoms with van der Waals surface area (Å²) in [6, 6.07) is 0. The molecule has 0 heterocycles. The first-order valence-electron chi connectivity index (χ1n) is 6.76. The number of nitrogens with one attached hydrogen (secondary N) is 1. The van der Waals surface area contributed by atoms with Gasteiger partial charge in [-0.25, -0.2) is 0 Å². The van der Waals surface area contributed by atoms with E-state index >= 15 is 0 Å². The zero-order chi connectivity index (χ0) is 13.3. The van der Waals surface area contributed by atoms with Gasteiger partial charge >= 0.3 is 0 Å². The van der Waals surface area contributed by atoms with E-state index in [1.165, 1.54) is 0 Å². The lowest BCUT2D eigenvalue weighted by Gasteiger charge is -2.06. The average molecular weight is 263 g/mol. The standard InChI is InChI=1S/C13H29NO4/c1-15-8-5-10-17-11-7-14-6-3-4-9-18-13-12-16-2/h14H,3-13H2,1-2H3. The van der Waals surface area contributed by atoms with E-state index in [2.05, 4.69) is 5.32 Å². The van der Waals surface area contributed by atoms with Crippen molar-refractivity contribution < 1.29 is 18.9 Å². The van der Waals surface area contributed by atoms with Gasteiger partial charge in [-0.15, -0.1) is 0 Å². The average Bonchev–Trinajstić information content (AvgIpc) is 2.39. The van der Waals surface area contributed by atoms with Crippen LogP contribution in [0.25, 0.3) is 0 Å². The first-order valence-corrected chi connectivity index (χ1v) is 6.76. The molecule has 0 aliphatic heterocycles. The molecule has 0 unspecified atom stereocenters. The van der Waals surface area contributed by atoms with Gasteiger partial charge in [0.1, 0.15) is 0 Å². The number of rotatable bonds is 15. The molecule has 0 radical (unpaired) electrons. The van der Waals surface area contributed by atoms with Crippen LogP contribution in [0.5, 0.6) is 0 Å². The Hall–Kier alpha value is -0.200. The summed E-state index contributed by atoms with van der Waals surface area (Å²) in [6.07, 6.45) is 3.19. The lowest BCUT2D eigenvalue weighted by molar-refractivity contribution is 0.0686. The molecule has 110 valence electrons. The van der Waals surface area contributed by atoms with Gasteiger partial charge < -0.3 is 24.3 Å². The third-order valence-corrected chi connectivity index (χ3v) is 2.38. The Bertz CT molecular complexity index is 131. The molecule has 0 saturated heterocycles. The summed E-state index contributed by atoms with van der Waals surface area (Å²) in [5, 5.41) is 3.34. The highest BCUT2D eigenvalue weighted by Gasteiger charge is 1.92. The highest BCUT2D eigenvalue weighted by molar-refractivity contribution is 4.48. The fourth-order valence-corrected chi connectivity index (χ4v) is 1.38. The molecule has 0 aliphatic carbocycles. The second kappa shape index (κ2) is 16.8. The SMILES string of the molecule is COCCCOCCNCCCCOCCOC. The Morgan fingerprint density at radius 1 is 0.611 bits per heavy atom. The molecule has 0 amide bonds. The largest absolute Gasteiger partial charge is 0.385 e. The highest BCUT2D eigenvalue weighted by atomic mass is 16.5. The molecule has 5 nitrogen and oxygen atoms in total. The maximum Gasteiger partial charge on any atom is 0.0700 e. The van der Waals surface area contributed by atoms with Crippen LogP contribution in [0, 0.1) is 0 Å². The molecule has 0 fully saturated rings. The normalized spacial score (nSPS) is 11.0. The second-order valence-electron chi connectivity index (χ2n) is 4.02. The van der Waals surface area contributed by atoms with Crippen molar-refractivity contribution in [3.8, 4) is 0 Å². The molecule has 0 rings (SSSR count). The number of unbranched alkanes of at least 4 members (excludes halogenated alkanes) is 1. The van der Waals surface area contributed by atoms with Crippen LogP contribution >= 0.6 is 0 Å². The molecule has 0 bridgehead atoms. The summed E-state index contributed by atoms with van der Waals surface area (Å²) in [4.78, 5) is 0. The van der Waals surface area contributed by atoms with E-state index in [0.29, 0.717) is 13.2 Å². The molecule has 18 heavy (non-hydrogen) atoms. The van der Waals surface area contributed by atoms with Crippen LogP contribution in [0.3, 0.4) is 0 Å². The Labute approximate surface area is 111 Å². The number of hydrogen-bond acceptors (Lipinski definition) is 5. The van der Waals surface area contributed by atoms with Gasteiger partial charge in [-0.05, 0) is 25.8 Å². The zero-order valence-corrected chi connectivity index (χ0v) is 11.9. The van der Waals surface area contributed by atoms with Gasteiger partial charge in [0.25, 0.3) is 0 Å². The van der Waals surface area contributed by atoms with E-state index in [-0.39, 0.29) is 0 Å². The molecule has 0 aromatic heterocycles. The van der Waals surface area contributed by atoms with Crippen LogP contribution in [0.1, 0.15) is 19.3 Å². The molecule has 5 heteroatoms. The summed E-state index contributed by atoms with van der Waals surface area (Å²) in [6.45, 7) is 6.45. The monoisotopic (exact) mass is 263 g/mol. The summed E-state index contributed by atoms with van der Waals surface area (Å²) < 4.78 is 20.6. The first-order chi connectivity index (χ1) is 8.91. The fourth-order valence-electron chi connectivity index (χ4n) is 1.38. The van der Waals surface area contributed by atoms with E-state index in [1.807, 2.05) is 0 Å². The highest BCUT2D eigenvalue weighted by Crippen LogP contribution is 1.89. The molecular formula is C13H29NO4. The van der Waals surface area contributed by atoms with E-state index < -0.39 is 0 Å². The first kappa shape index (κ1) is 17.8. The van der Waals surface area contributed by atoms with Crippen molar-refractivity contribution in [2.24, 2.45) is 0 Å². The number of ether oxygens (including phenoxy) is 4. The second-order valence-corrected chi connectivity index (χ2v) is 4.02. The van der Waals surface area contributed by atoms with Crippen LogP contribution in [-0.4, -0.2) is 67.0 Å². The Balaban J connectivity index is 2.86. The maximum atomic E-state index is 5.43. The Morgan fingerprint density at radius 2 is 1.33 bits per heavy atom. The van der Waals surface area contributed by atoms with Crippen molar-refractivity contribution in [2.75, 3.05) is 67.0 Å². The molecule has 0 atom stereocenters. The quantitative estimate of drug-likeness (QED) is 0.448. The molecule has 0 spiro atoms. The van der Waals surface area contributed by atoms with Crippen molar-refractivity contribution in [3.05, 3.63) is 0 Å². The predicted molar refractivity (Wildman–Crippen MR) is 72.1 cm³/mol. The molecule has 0 saturated carbocycles. The third-order valence-electron chi connectivity index (χ3n) is 2.38. The van der Waals surface area contributed by atoms with E-state index in [9.17, 15) is 0 Å². The maximum absolute atomic E-state index is 5.43. The van der Waals surface area contributed by atoms with Crippen LogP contribution in [0.4, 0.5) is 0 Å². The fraction of sp³-hybridized carbons (Fsp3) is 1.00. The molecule has 1 N–H and O–H groups in total. The number of methoxy groups -OCH3 is 2. The lowest BCUT2D eigenvalue weighted by atomic mass is 10.3. The lowest BCUT2D eigenvalue weighted by Crippen LogP contribution is -2.21. The van der Waals surface area contributed by atoms with E-state index in [0.717, 1.165) is 58.8 Å². The molecule has 0 aromatic carbocycles. The predicted octanol–water partition coefficient (Wildman–Crippen LogP) is 1.07. The summed E-state index contributed by atoms with van der Waals surface area (Å²) >= 11 is 0. The van der Waals surface area contributed by atoms with Gasteiger partial charge in [0.2, 0.25) is 0 Å². The van der Waals surface area contributed by atoms with Crippen molar-refractivity contribution in [1.29, 1.82) is 0 Å². The van der Waals surface area contributed by atoms with E-state index in [4.69, 9.17) is 18.9 Å². The van der Waals surface area contributed by atoms with Gasteiger partial charge in [0.05, 0.1) is 19.8 Å². The Kier molecular flexibility index (Phi) is 16.6. The minimum atomic E-state index is 0.679. The smallest absolute Gasteiger partial charge is 0.0700 e. The van der Waals surface area contributed by atoms with Crippen LogP contribution < -0.4 is 5.32 Å². The van der Waals surface area contributed by atoms with Crippen molar-refractivity contribution in [3.63, 3.8) is 0 Å². The van der Waals surface area contributed by atoms with Crippen molar-refractivity contribution in [2.45, 2.75) is 19.3 Å². The van der Waals surface area contributed by atoms with Crippen LogP contribution in [0.15, 0.2) is 0 Å². The zero-order valence-electron chi connectivity index (χ0n) is 11.9. The van der Waals surface area contributed by atoms with Crippen molar-refractivity contribution >= 4 is 0 Å². The van der Waals surface area contributed by atoms with Crippen molar-refractivity contribution in [1.82, 2.24) is 5.32 Å². The summed E-state index contributed by atoms with van der Waals surface area (Å²) in [5.41, 5.74) is 0. The minimum absolute atomic E-state index is 0.679. The molecule has 0 aliphatic rings. The Morgan fingerprint density at radius 3 is 2.11 bits per heavy atom. The molecular weight excluding hydrogens is 234 g/mol. The topological polar surface area (TPSA) is 49.0 Å². The molecule has 0 aromatic rings. The van der Waals surface area contributed by atoms with Gasteiger partial charge in [-0.1, -0.05) is 0 Å². The summed E-state index contributed by atoms with van der Waals surface area (Å²) in [5.74, 6) is 0. The van der Waals surface area contributed by atoms with Gasteiger partial charge in [0, 0.05) is 40.6 Å². The minimum Gasteiger partial charge on any atom is -0.385 e. The van der Waals surface area contributed by atoms with Crippen LogP contribution in [-0.2, 0) is 18.9 Å². The van der Waals surface area contributed by atoms with Gasteiger partial charge in [-0.3, -0.25) is 0 Å². The number of hydrogen-bond donors (Lipinski definition) is 1. The third kappa shape index (κ3) is 15.8. The van der Waals surface area contributed by atoms with Gasteiger partial charge in [-0.2, -0.15) is 0 Å². The van der Waals surface area contributed by atoms with E-state index in [1.54, 1.807) is 14.2 Å². The van der Waals surface area contributed by atoms with Crippen LogP contribution in [0.2, 0.25) is 0 Å².